The quantitative estimate of drug-likeness (QED) is 0.840. The topological polar surface area (TPSA) is 64.7 Å². The maximum atomic E-state index is 10.2. The van der Waals surface area contributed by atoms with Gasteiger partial charge in [0.15, 0.2) is 11.5 Å². The number of benzene rings is 1. The van der Waals surface area contributed by atoms with Crippen LogP contribution < -0.4 is 15.2 Å². The number of nitrogens with two attached hydrogens (primary N) is 1. The van der Waals surface area contributed by atoms with Crippen molar-refractivity contribution in [1.29, 1.82) is 0 Å². The predicted molar refractivity (Wildman–Crippen MR) is 68.3 cm³/mol. The van der Waals surface area contributed by atoms with E-state index in [0.717, 1.165) is 37.0 Å². The smallest absolute Gasteiger partial charge is 0.168 e. The van der Waals surface area contributed by atoms with E-state index in [-0.39, 0.29) is 11.2 Å². The first-order valence-electron chi connectivity index (χ1n) is 6.59. The van der Waals surface area contributed by atoms with E-state index in [9.17, 15) is 5.11 Å². The number of fused-ring (bicyclic) bond motifs is 1. The molecule has 1 aromatic rings. The van der Waals surface area contributed by atoms with Crippen molar-refractivity contribution in [3.05, 3.63) is 17.7 Å². The van der Waals surface area contributed by atoms with Gasteiger partial charge < -0.3 is 20.3 Å². The van der Waals surface area contributed by atoms with Crippen molar-refractivity contribution >= 4 is 0 Å². The lowest BCUT2D eigenvalue weighted by Crippen LogP contribution is -2.41. The Morgan fingerprint density at radius 1 is 1.17 bits per heavy atom. The van der Waals surface area contributed by atoms with Crippen molar-refractivity contribution < 1.29 is 14.6 Å². The molecule has 1 aliphatic heterocycles. The Kier molecular flexibility index (Phi) is 2.82. The highest BCUT2D eigenvalue weighted by atomic mass is 16.5. The van der Waals surface area contributed by atoms with Crippen LogP contribution in [0, 0.1) is 0 Å². The highest BCUT2D eigenvalue weighted by Crippen LogP contribution is 2.52. The van der Waals surface area contributed by atoms with E-state index in [0.29, 0.717) is 25.5 Å². The molecule has 0 aromatic heterocycles. The maximum Gasteiger partial charge on any atom is 0.168 e. The molecule has 0 unspecified atom stereocenters. The summed E-state index contributed by atoms with van der Waals surface area (Å²) in [5, 5.41) is 10.2. The van der Waals surface area contributed by atoms with Crippen LogP contribution in [0.25, 0.3) is 0 Å². The normalized spacial score (nSPS) is 20.9. The van der Waals surface area contributed by atoms with Gasteiger partial charge in [0.25, 0.3) is 0 Å². The lowest BCUT2D eigenvalue weighted by atomic mass is 9.64. The van der Waals surface area contributed by atoms with Crippen LogP contribution in [-0.2, 0) is 5.41 Å². The van der Waals surface area contributed by atoms with Crippen LogP contribution in [0.5, 0.6) is 17.2 Å². The van der Waals surface area contributed by atoms with Crippen LogP contribution in [0.1, 0.15) is 31.2 Å². The summed E-state index contributed by atoms with van der Waals surface area (Å²) in [6.07, 6.45) is 4.04. The fraction of sp³-hybridized carbons (Fsp3) is 0.571. The number of aromatic hydroxyl groups is 1. The third-order valence-electron chi connectivity index (χ3n) is 4.12. The van der Waals surface area contributed by atoms with Crippen LogP contribution in [0.15, 0.2) is 12.1 Å². The maximum absolute atomic E-state index is 10.2. The van der Waals surface area contributed by atoms with Gasteiger partial charge in [-0.3, -0.25) is 0 Å². The molecule has 3 N–H and O–H groups in total. The summed E-state index contributed by atoms with van der Waals surface area (Å²) in [5.74, 6) is 1.72. The first-order chi connectivity index (χ1) is 8.77. The van der Waals surface area contributed by atoms with Gasteiger partial charge in [0, 0.05) is 23.9 Å². The Morgan fingerprint density at radius 3 is 2.61 bits per heavy atom. The van der Waals surface area contributed by atoms with E-state index in [2.05, 4.69) is 0 Å². The minimum absolute atomic E-state index is 0.122. The summed E-state index contributed by atoms with van der Waals surface area (Å²) >= 11 is 0. The van der Waals surface area contributed by atoms with Crippen molar-refractivity contribution in [3.63, 3.8) is 0 Å². The first-order valence-corrected chi connectivity index (χ1v) is 6.59. The Balaban J connectivity index is 2.12. The third kappa shape index (κ3) is 1.63. The largest absolute Gasteiger partial charge is 0.508 e. The van der Waals surface area contributed by atoms with Crippen molar-refractivity contribution in [3.8, 4) is 17.2 Å². The summed E-state index contributed by atoms with van der Waals surface area (Å²) in [4.78, 5) is 0. The Hall–Kier alpha value is -1.42. The van der Waals surface area contributed by atoms with Crippen LogP contribution in [-0.4, -0.2) is 24.9 Å². The SMILES string of the molecule is NCC1(c2c(O)ccc3c2OCCCO3)CCC1. The second-order valence-corrected chi connectivity index (χ2v) is 5.18. The second-order valence-electron chi connectivity index (χ2n) is 5.18. The van der Waals surface area contributed by atoms with E-state index in [1.54, 1.807) is 12.1 Å². The molecule has 1 aliphatic carbocycles. The van der Waals surface area contributed by atoms with Crippen LogP contribution in [0.4, 0.5) is 0 Å². The molecule has 0 saturated heterocycles. The highest BCUT2D eigenvalue weighted by Gasteiger charge is 2.42. The Bertz CT molecular complexity index is 449. The lowest BCUT2D eigenvalue weighted by Gasteiger charge is -2.42. The van der Waals surface area contributed by atoms with Crippen molar-refractivity contribution in [1.82, 2.24) is 0 Å². The van der Waals surface area contributed by atoms with E-state index in [1.807, 2.05) is 0 Å². The van der Waals surface area contributed by atoms with Gasteiger partial charge in [-0.1, -0.05) is 6.42 Å². The van der Waals surface area contributed by atoms with Crippen LogP contribution in [0.3, 0.4) is 0 Å². The molecule has 1 fully saturated rings. The fourth-order valence-electron chi connectivity index (χ4n) is 2.90. The standard InChI is InChI=1S/C14H19NO3/c15-9-14(5-1-6-14)12-10(16)3-4-11-13(12)18-8-2-7-17-11/h3-4,16H,1-2,5-9,15H2. The number of hydrogen-bond acceptors (Lipinski definition) is 4. The zero-order valence-electron chi connectivity index (χ0n) is 10.4. The highest BCUT2D eigenvalue weighted by molar-refractivity contribution is 5.58. The minimum atomic E-state index is -0.122. The molecule has 1 aromatic carbocycles. The summed E-state index contributed by atoms with van der Waals surface area (Å²) in [6, 6.07) is 3.47. The summed E-state index contributed by atoms with van der Waals surface area (Å²) < 4.78 is 11.5. The van der Waals surface area contributed by atoms with Gasteiger partial charge in [0.1, 0.15) is 5.75 Å². The van der Waals surface area contributed by atoms with Gasteiger partial charge in [0.2, 0.25) is 0 Å². The summed E-state index contributed by atoms with van der Waals surface area (Å²) in [6.45, 7) is 1.83. The number of ether oxygens (including phenoxy) is 2. The van der Waals surface area contributed by atoms with Gasteiger partial charge in [-0.2, -0.15) is 0 Å². The molecule has 2 aliphatic rings. The molecule has 0 amide bonds. The molecule has 0 spiro atoms. The number of phenols is 1. The van der Waals surface area contributed by atoms with E-state index in [4.69, 9.17) is 15.2 Å². The molecular formula is C14H19NO3. The van der Waals surface area contributed by atoms with Crippen molar-refractivity contribution in [2.75, 3.05) is 19.8 Å². The molecule has 0 radical (unpaired) electrons. The molecule has 4 nitrogen and oxygen atoms in total. The van der Waals surface area contributed by atoms with Crippen LogP contribution >= 0.6 is 0 Å². The van der Waals surface area contributed by atoms with Crippen molar-refractivity contribution in [2.24, 2.45) is 5.73 Å². The van der Waals surface area contributed by atoms with Crippen LogP contribution in [0.2, 0.25) is 0 Å². The molecule has 98 valence electrons. The second kappa shape index (κ2) is 4.35. The molecule has 1 saturated carbocycles. The molecule has 0 bridgehead atoms. The molecule has 3 rings (SSSR count). The lowest BCUT2D eigenvalue weighted by molar-refractivity contribution is 0.228. The molecule has 0 atom stereocenters. The predicted octanol–water partition coefficient (Wildman–Crippen LogP) is 1.93. The number of rotatable bonds is 2. The molecule has 1 heterocycles. The van der Waals surface area contributed by atoms with Gasteiger partial charge in [-0.15, -0.1) is 0 Å². The zero-order valence-corrected chi connectivity index (χ0v) is 10.4. The van der Waals surface area contributed by atoms with Crippen molar-refractivity contribution in [2.45, 2.75) is 31.1 Å². The van der Waals surface area contributed by atoms with E-state index < -0.39 is 0 Å². The molecular weight excluding hydrogens is 230 g/mol. The number of hydrogen-bond donors (Lipinski definition) is 2. The van der Waals surface area contributed by atoms with Gasteiger partial charge in [-0.05, 0) is 25.0 Å². The van der Waals surface area contributed by atoms with Gasteiger partial charge >= 0.3 is 0 Å². The monoisotopic (exact) mass is 249 g/mol. The van der Waals surface area contributed by atoms with E-state index in [1.165, 1.54) is 0 Å². The van der Waals surface area contributed by atoms with Gasteiger partial charge in [-0.25, -0.2) is 0 Å². The summed E-state index contributed by atoms with van der Waals surface area (Å²) in [5.41, 5.74) is 6.67. The first kappa shape index (κ1) is 11.7. The average molecular weight is 249 g/mol. The number of phenolic OH excluding ortho intramolecular Hbond substituents is 1. The van der Waals surface area contributed by atoms with Gasteiger partial charge in [0.05, 0.1) is 13.2 Å². The molecule has 18 heavy (non-hydrogen) atoms. The zero-order chi connectivity index (χ0) is 12.6. The molecule has 4 heteroatoms. The third-order valence-corrected chi connectivity index (χ3v) is 4.12. The summed E-state index contributed by atoms with van der Waals surface area (Å²) in [7, 11) is 0. The minimum Gasteiger partial charge on any atom is -0.508 e. The Labute approximate surface area is 107 Å². The average Bonchev–Trinajstić information content (AvgIpc) is 2.56. The Morgan fingerprint density at radius 2 is 1.94 bits per heavy atom. The fourth-order valence-corrected chi connectivity index (χ4v) is 2.90. The van der Waals surface area contributed by atoms with E-state index >= 15 is 0 Å².